The summed E-state index contributed by atoms with van der Waals surface area (Å²) < 4.78 is 11.9. The van der Waals surface area contributed by atoms with E-state index in [0.717, 1.165) is 40.9 Å². The van der Waals surface area contributed by atoms with Gasteiger partial charge >= 0.3 is 0 Å². The lowest BCUT2D eigenvalue weighted by atomic mass is 10.2. The third-order valence-electron chi connectivity index (χ3n) is 2.61. The van der Waals surface area contributed by atoms with Crippen molar-refractivity contribution in [3.63, 3.8) is 0 Å². The van der Waals surface area contributed by atoms with Crippen LogP contribution in [0.4, 0.5) is 0 Å². The fourth-order valence-corrected chi connectivity index (χ4v) is 1.97. The maximum atomic E-state index is 5.81. The van der Waals surface area contributed by atoms with Gasteiger partial charge in [-0.1, -0.05) is 21.5 Å². The van der Waals surface area contributed by atoms with Gasteiger partial charge in [-0.3, -0.25) is 0 Å². The molecule has 0 aromatic heterocycles. The van der Waals surface area contributed by atoms with Crippen LogP contribution in [-0.4, -0.2) is 26.9 Å². The molecule has 0 unspecified atom stereocenters. The Hall–Kier alpha value is -0.840. The van der Waals surface area contributed by atoms with Crippen molar-refractivity contribution in [3.05, 3.63) is 40.4 Å². The Morgan fingerprint density at radius 2 is 2.16 bits per heavy atom. The second kappa shape index (κ2) is 9.13. The number of halogens is 1. The molecule has 3 nitrogen and oxygen atoms in total. The van der Waals surface area contributed by atoms with Gasteiger partial charge in [0.25, 0.3) is 0 Å². The Labute approximate surface area is 124 Å². The van der Waals surface area contributed by atoms with Gasteiger partial charge in [-0.05, 0) is 25.1 Å². The van der Waals surface area contributed by atoms with E-state index in [1.54, 1.807) is 7.11 Å². The minimum Gasteiger partial charge on any atom is -0.493 e. The predicted octanol–water partition coefficient (Wildman–Crippen LogP) is 3.53. The zero-order valence-corrected chi connectivity index (χ0v) is 13.3. The third-order valence-corrected chi connectivity index (χ3v) is 3.10. The lowest BCUT2D eigenvalue weighted by molar-refractivity contribution is 0.199. The highest BCUT2D eigenvalue weighted by atomic mass is 79.9. The standard InChI is InChI=1S/C15H22BrNO2/c1-12(2)6-8-19-15-5-4-14(16)10-13(15)11-17-7-9-18-3/h4-5,10,17H,1,6-9,11H2,2-3H3. The van der Waals surface area contributed by atoms with Gasteiger partial charge in [0, 0.05) is 36.7 Å². The fraction of sp³-hybridized carbons (Fsp3) is 0.467. The van der Waals surface area contributed by atoms with Crippen LogP contribution in [-0.2, 0) is 11.3 Å². The van der Waals surface area contributed by atoms with Crippen LogP contribution in [0, 0.1) is 0 Å². The van der Waals surface area contributed by atoms with E-state index in [9.17, 15) is 0 Å². The smallest absolute Gasteiger partial charge is 0.123 e. The summed E-state index contributed by atoms with van der Waals surface area (Å²) in [6, 6.07) is 6.07. The summed E-state index contributed by atoms with van der Waals surface area (Å²) in [6.45, 7) is 8.86. The quantitative estimate of drug-likeness (QED) is 0.556. The second-order valence-electron chi connectivity index (χ2n) is 4.48. The van der Waals surface area contributed by atoms with Gasteiger partial charge in [-0.25, -0.2) is 0 Å². The van der Waals surface area contributed by atoms with E-state index >= 15 is 0 Å². The van der Waals surface area contributed by atoms with Crippen molar-refractivity contribution in [2.45, 2.75) is 19.9 Å². The molecule has 0 radical (unpaired) electrons. The van der Waals surface area contributed by atoms with Gasteiger partial charge in [0.2, 0.25) is 0 Å². The lowest BCUT2D eigenvalue weighted by Gasteiger charge is -2.13. The Balaban J connectivity index is 2.55. The van der Waals surface area contributed by atoms with Gasteiger partial charge < -0.3 is 14.8 Å². The van der Waals surface area contributed by atoms with Gasteiger partial charge in [0.05, 0.1) is 13.2 Å². The first-order chi connectivity index (χ1) is 9.13. The molecule has 0 bridgehead atoms. The Morgan fingerprint density at radius 3 is 2.84 bits per heavy atom. The van der Waals surface area contributed by atoms with Crippen LogP contribution < -0.4 is 10.1 Å². The average molecular weight is 328 g/mol. The molecule has 1 rings (SSSR count). The molecule has 0 atom stereocenters. The third kappa shape index (κ3) is 6.76. The van der Waals surface area contributed by atoms with Crippen LogP contribution in [0.25, 0.3) is 0 Å². The van der Waals surface area contributed by atoms with Crippen molar-refractivity contribution in [2.24, 2.45) is 0 Å². The van der Waals surface area contributed by atoms with E-state index in [4.69, 9.17) is 9.47 Å². The molecule has 1 N–H and O–H groups in total. The van der Waals surface area contributed by atoms with E-state index in [2.05, 4.69) is 33.9 Å². The minimum atomic E-state index is 0.669. The summed E-state index contributed by atoms with van der Waals surface area (Å²) in [5.74, 6) is 0.925. The normalized spacial score (nSPS) is 10.5. The first kappa shape index (κ1) is 16.2. The van der Waals surface area contributed by atoms with Crippen LogP contribution in [0.5, 0.6) is 5.75 Å². The van der Waals surface area contributed by atoms with Crippen LogP contribution in [0.1, 0.15) is 18.9 Å². The monoisotopic (exact) mass is 327 g/mol. The summed E-state index contributed by atoms with van der Waals surface area (Å²) in [7, 11) is 1.70. The topological polar surface area (TPSA) is 30.5 Å². The molecule has 0 saturated heterocycles. The highest BCUT2D eigenvalue weighted by Gasteiger charge is 2.04. The Bertz CT molecular complexity index is 407. The van der Waals surface area contributed by atoms with E-state index < -0.39 is 0 Å². The van der Waals surface area contributed by atoms with Gasteiger partial charge in [-0.2, -0.15) is 0 Å². The molecule has 0 saturated carbocycles. The number of hydrogen-bond donors (Lipinski definition) is 1. The maximum absolute atomic E-state index is 5.81. The number of rotatable bonds is 9. The first-order valence-electron chi connectivity index (χ1n) is 6.38. The van der Waals surface area contributed by atoms with E-state index in [0.29, 0.717) is 13.2 Å². The summed E-state index contributed by atoms with van der Waals surface area (Å²) in [4.78, 5) is 0. The van der Waals surface area contributed by atoms with E-state index in [-0.39, 0.29) is 0 Å². The van der Waals surface area contributed by atoms with Crippen LogP contribution in [0.15, 0.2) is 34.8 Å². The van der Waals surface area contributed by atoms with Crippen molar-refractivity contribution in [2.75, 3.05) is 26.9 Å². The molecule has 1 aromatic rings. The molecular weight excluding hydrogens is 306 g/mol. The maximum Gasteiger partial charge on any atom is 0.123 e. The predicted molar refractivity (Wildman–Crippen MR) is 82.7 cm³/mol. The first-order valence-corrected chi connectivity index (χ1v) is 7.18. The molecule has 0 amide bonds. The van der Waals surface area contributed by atoms with Crippen molar-refractivity contribution in [3.8, 4) is 5.75 Å². The molecule has 0 aliphatic carbocycles. The van der Waals surface area contributed by atoms with Crippen LogP contribution >= 0.6 is 15.9 Å². The molecule has 0 aliphatic heterocycles. The van der Waals surface area contributed by atoms with Crippen molar-refractivity contribution >= 4 is 15.9 Å². The van der Waals surface area contributed by atoms with Gasteiger partial charge in [-0.15, -0.1) is 6.58 Å². The van der Waals surface area contributed by atoms with Crippen molar-refractivity contribution < 1.29 is 9.47 Å². The molecule has 106 valence electrons. The zero-order valence-electron chi connectivity index (χ0n) is 11.7. The largest absolute Gasteiger partial charge is 0.493 e. The number of nitrogens with one attached hydrogen (secondary N) is 1. The molecule has 1 aromatic carbocycles. The molecule has 4 heteroatoms. The van der Waals surface area contributed by atoms with E-state index in [1.807, 2.05) is 19.1 Å². The molecule has 0 spiro atoms. The highest BCUT2D eigenvalue weighted by Crippen LogP contribution is 2.23. The highest BCUT2D eigenvalue weighted by molar-refractivity contribution is 9.10. The number of hydrogen-bond acceptors (Lipinski definition) is 3. The average Bonchev–Trinajstić information content (AvgIpc) is 2.36. The molecule has 19 heavy (non-hydrogen) atoms. The van der Waals surface area contributed by atoms with Crippen LogP contribution in [0.2, 0.25) is 0 Å². The summed E-state index contributed by atoms with van der Waals surface area (Å²) in [5, 5.41) is 3.33. The summed E-state index contributed by atoms with van der Waals surface area (Å²) in [6.07, 6.45) is 0.882. The number of benzene rings is 1. The summed E-state index contributed by atoms with van der Waals surface area (Å²) >= 11 is 3.49. The van der Waals surface area contributed by atoms with Crippen molar-refractivity contribution in [1.29, 1.82) is 0 Å². The summed E-state index contributed by atoms with van der Waals surface area (Å²) in [5.41, 5.74) is 2.28. The van der Waals surface area contributed by atoms with E-state index in [1.165, 1.54) is 0 Å². The molecular formula is C15H22BrNO2. The molecule has 0 aliphatic rings. The number of ether oxygens (including phenoxy) is 2. The molecule has 0 fully saturated rings. The van der Waals surface area contributed by atoms with Crippen LogP contribution in [0.3, 0.4) is 0 Å². The van der Waals surface area contributed by atoms with Gasteiger partial charge in [0.15, 0.2) is 0 Å². The van der Waals surface area contributed by atoms with Crippen molar-refractivity contribution in [1.82, 2.24) is 5.32 Å². The second-order valence-corrected chi connectivity index (χ2v) is 5.39. The minimum absolute atomic E-state index is 0.669. The SMILES string of the molecule is C=C(C)CCOc1ccc(Br)cc1CNCCOC. The molecule has 0 heterocycles. The Kier molecular flexibility index (Phi) is 7.79. The Morgan fingerprint density at radius 1 is 1.37 bits per heavy atom. The van der Waals surface area contributed by atoms with Gasteiger partial charge in [0.1, 0.15) is 5.75 Å². The fourth-order valence-electron chi connectivity index (χ4n) is 1.56. The lowest BCUT2D eigenvalue weighted by Crippen LogP contribution is -2.19. The zero-order chi connectivity index (χ0) is 14.1. The number of methoxy groups -OCH3 is 1.